The minimum atomic E-state index is -1.64. The fourth-order valence-electron chi connectivity index (χ4n) is 8.04. The first-order valence-electron chi connectivity index (χ1n) is 20.4. The summed E-state index contributed by atoms with van der Waals surface area (Å²) in [7, 11) is 0. The first-order valence-corrected chi connectivity index (χ1v) is 20.4. The van der Waals surface area contributed by atoms with Gasteiger partial charge in [-0.2, -0.15) is 9.80 Å². The van der Waals surface area contributed by atoms with E-state index in [4.69, 9.17) is 23.7 Å². The highest BCUT2D eigenvalue weighted by Crippen LogP contribution is 2.33. The number of carboxylic acid groups (broad SMARTS) is 2. The zero-order valence-electron chi connectivity index (χ0n) is 33.8. The van der Waals surface area contributed by atoms with E-state index in [2.05, 4.69) is 0 Å². The van der Waals surface area contributed by atoms with Crippen molar-refractivity contribution in [2.24, 2.45) is 0 Å². The molecule has 4 aliphatic rings. The lowest BCUT2D eigenvalue weighted by atomic mass is 10.00. The maximum Gasteiger partial charge on any atom is 0.421 e. The molecule has 2 saturated heterocycles. The summed E-state index contributed by atoms with van der Waals surface area (Å²) in [5, 5.41) is 18.6. The topological polar surface area (TPSA) is 236 Å². The van der Waals surface area contributed by atoms with Gasteiger partial charge in [0.15, 0.2) is 0 Å². The predicted molar refractivity (Wildman–Crippen MR) is 209 cm³/mol. The number of rotatable bonds is 22. The highest BCUT2D eigenvalue weighted by atomic mass is 16.6. The molecule has 0 bridgehead atoms. The largest absolute Gasteiger partial charge is 0.464 e. The molecule has 6 rings (SSSR count). The molecule has 2 atom stereocenters. The summed E-state index contributed by atoms with van der Waals surface area (Å²) in [6.07, 6.45) is -0.702. The van der Waals surface area contributed by atoms with E-state index in [1.807, 2.05) is 12.1 Å². The van der Waals surface area contributed by atoms with Crippen molar-refractivity contribution in [3.05, 3.63) is 69.8 Å². The summed E-state index contributed by atoms with van der Waals surface area (Å²) in [5.74, 6) is -4.05. The molecule has 2 aromatic carbocycles. The Balaban J connectivity index is 0.752. The Morgan fingerprint density at radius 1 is 0.525 bits per heavy atom. The number of hydrogen-bond acceptors (Lipinski definition) is 13. The molecule has 4 aliphatic heterocycles. The molecule has 2 N–H and O–H groups in total. The summed E-state index contributed by atoms with van der Waals surface area (Å²) in [6.45, 7) is 4.48. The van der Waals surface area contributed by atoms with Crippen LogP contribution in [0.4, 0.5) is 9.59 Å². The molecule has 328 valence electrons. The van der Waals surface area contributed by atoms with Gasteiger partial charge in [-0.05, 0) is 72.9 Å². The number of carbonyl (C=O) groups excluding carboxylic acids is 6. The third-order valence-electron chi connectivity index (χ3n) is 11.1. The van der Waals surface area contributed by atoms with Crippen LogP contribution in [-0.4, -0.2) is 156 Å². The predicted octanol–water partition coefficient (Wildman–Crippen LogP) is 2.64. The van der Waals surface area contributed by atoms with Crippen LogP contribution < -0.4 is 0 Å². The van der Waals surface area contributed by atoms with Gasteiger partial charge in [0.2, 0.25) is 11.8 Å². The van der Waals surface area contributed by atoms with Gasteiger partial charge in [-0.25, -0.2) is 9.59 Å². The number of amides is 8. The fourth-order valence-corrected chi connectivity index (χ4v) is 8.04. The SMILES string of the molecule is O=C(O)N1C(=O)CCC(N2Cc3c(CCCOCCOCCOCCOCCOCCCc4cccc5c4CN(C4CCC(=O)N(C(=O)O)C4=O)C5=O)cccc3C2=O)C1=O. The second-order valence-corrected chi connectivity index (χ2v) is 14.8. The average molecular weight is 851 g/mol. The Morgan fingerprint density at radius 2 is 0.869 bits per heavy atom. The lowest BCUT2D eigenvalue weighted by Crippen LogP contribution is -2.56. The average Bonchev–Trinajstić information content (AvgIpc) is 3.75. The lowest BCUT2D eigenvalue weighted by molar-refractivity contribution is -0.150. The molecule has 0 spiro atoms. The van der Waals surface area contributed by atoms with Crippen LogP contribution in [0, 0.1) is 0 Å². The van der Waals surface area contributed by atoms with Gasteiger partial charge in [0.25, 0.3) is 23.6 Å². The molecule has 19 nitrogen and oxygen atoms in total. The molecule has 0 aliphatic carbocycles. The normalized spacial score (nSPS) is 19.0. The van der Waals surface area contributed by atoms with E-state index >= 15 is 0 Å². The van der Waals surface area contributed by atoms with Gasteiger partial charge in [-0.1, -0.05) is 24.3 Å². The fraction of sp³-hybridized carbons (Fsp3) is 0.524. The molecule has 8 amide bonds. The van der Waals surface area contributed by atoms with Gasteiger partial charge in [0.1, 0.15) is 12.1 Å². The van der Waals surface area contributed by atoms with Crippen LogP contribution in [0.2, 0.25) is 0 Å². The van der Waals surface area contributed by atoms with Gasteiger partial charge in [-0.15, -0.1) is 0 Å². The number of likely N-dealkylation sites (tertiary alicyclic amines) is 2. The van der Waals surface area contributed by atoms with E-state index in [0.29, 0.717) is 103 Å². The Labute approximate surface area is 351 Å². The zero-order chi connectivity index (χ0) is 43.5. The van der Waals surface area contributed by atoms with Crippen molar-refractivity contribution in [3.63, 3.8) is 0 Å². The number of nitrogens with zero attached hydrogens (tertiary/aromatic N) is 4. The van der Waals surface area contributed by atoms with Crippen molar-refractivity contribution in [1.82, 2.24) is 19.6 Å². The Bertz CT molecular complexity index is 1870. The number of ether oxygens (including phenoxy) is 5. The Kier molecular flexibility index (Phi) is 15.7. The molecule has 0 aromatic heterocycles. The van der Waals surface area contributed by atoms with Gasteiger partial charge in [0, 0.05) is 50.3 Å². The van der Waals surface area contributed by atoms with Crippen molar-refractivity contribution in [2.75, 3.05) is 66.1 Å². The number of carbonyl (C=O) groups is 8. The molecule has 0 saturated carbocycles. The van der Waals surface area contributed by atoms with Crippen LogP contribution in [0.3, 0.4) is 0 Å². The highest BCUT2D eigenvalue weighted by molar-refractivity contribution is 6.14. The maximum atomic E-state index is 13.2. The Hall–Kier alpha value is -5.60. The third kappa shape index (κ3) is 10.7. The summed E-state index contributed by atoms with van der Waals surface area (Å²) in [5.41, 5.74) is 4.45. The van der Waals surface area contributed by atoms with Crippen LogP contribution in [0.1, 0.15) is 81.5 Å². The van der Waals surface area contributed by atoms with Crippen molar-refractivity contribution in [2.45, 2.75) is 76.5 Å². The molecule has 4 heterocycles. The number of aryl methyl sites for hydroxylation is 2. The molecule has 61 heavy (non-hydrogen) atoms. The maximum absolute atomic E-state index is 13.2. The second kappa shape index (κ2) is 21.3. The van der Waals surface area contributed by atoms with Crippen molar-refractivity contribution in [3.8, 4) is 0 Å². The molecule has 2 fully saturated rings. The van der Waals surface area contributed by atoms with Crippen LogP contribution in [-0.2, 0) is 68.8 Å². The number of fused-ring (bicyclic) bond motifs is 2. The van der Waals surface area contributed by atoms with Gasteiger partial charge in [0.05, 0.1) is 52.9 Å². The van der Waals surface area contributed by atoms with Gasteiger partial charge in [-0.3, -0.25) is 28.8 Å². The molecular formula is C42H50N4O15. The summed E-state index contributed by atoms with van der Waals surface area (Å²) in [4.78, 5) is 102. The van der Waals surface area contributed by atoms with Crippen LogP contribution in [0.5, 0.6) is 0 Å². The number of benzene rings is 2. The van der Waals surface area contributed by atoms with E-state index in [-0.39, 0.29) is 60.4 Å². The van der Waals surface area contributed by atoms with Crippen molar-refractivity contribution >= 4 is 47.6 Å². The molecular weight excluding hydrogens is 800 g/mol. The second-order valence-electron chi connectivity index (χ2n) is 14.8. The van der Waals surface area contributed by atoms with Crippen molar-refractivity contribution in [1.29, 1.82) is 0 Å². The first kappa shape index (κ1) is 44.9. The minimum Gasteiger partial charge on any atom is -0.464 e. The molecule has 2 aromatic rings. The van der Waals surface area contributed by atoms with E-state index in [1.54, 1.807) is 24.3 Å². The van der Waals surface area contributed by atoms with Crippen LogP contribution in [0.15, 0.2) is 36.4 Å². The van der Waals surface area contributed by atoms with Gasteiger partial charge < -0.3 is 43.7 Å². The number of hydrogen-bond donors (Lipinski definition) is 2. The van der Waals surface area contributed by atoms with Crippen LogP contribution >= 0.6 is 0 Å². The smallest absolute Gasteiger partial charge is 0.421 e. The van der Waals surface area contributed by atoms with Gasteiger partial charge >= 0.3 is 12.2 Å². The molecule has 0 radical (unpaired) electrons. The molecule has 19 heteroatoms. The summed E-state index contributed by atoms with van der Waals surface area (Å²) >= 11 is 0. The Morgan fingerprint density at radius 3 is 1.21 bits per heavy atom. The lowest BCUT2D eigenvalue weighted by Gasteiger charge is -2.33. The van der Waals surface area contributed by atoms with E-state index < -0.39 is 47.9 Å². The van der Waals surface area contributed by atoms with E-state index in [1.165, 1.54) is 9.80 Å². The molecule has 2 unspecified atom stereocenters. The minimum absolute atomic E-state index is 0.0848. The first-order chi connectivity index (χ1) is 29.5. The standard InChI is InChI=1S/C42H50N4O15/c47-35-13-11-33(39(51)45(35)41(53)54)43-25-31-27(5-1-9-29(31)37(43)49)7-3-15-57-17-19-59-21-23-61-24-22-60-20-18-58-16-4-8-28-6-2-10-30-32(28)26-44(38(30)50)34-12-14-36(48)46(40(34)52)42(55)56/h1-2,5-6,9-10,33-34H,3-4,7-8,11-26H2,(H,53,54)(H,55,56). The summed E-state index contributed by atoms with van der Waals surface area (Å²) < 4.78 is 28.1. The van der Waals surface area contributed by atoms with E-state index in [9.17, 15) is 48.6 Å². The number of piperidine rings is 2. The zero-order valence-corrected chi connectivity index (χ0v) is 33.8. The monoisotopic (exact) mass is 850 g/mol. The van der Waals surface area contributed by atoms with Crippen molar-refractivity contribution < 1.29 is 72.3 Å². The van der Waals surface area contributed by atoms with Crippen LogP contribution in [0.25, 0.3) is 0 Å². The quantitative estimate of drug-likeness (QED) is 0.128. The summed E-state index contributed by atoms with van der Waals surface area (Å²) in [6, 6.07) is 8.78. The van der Waals surface area contributed by atoms with E-state index in [0.717, 1.165) is 22.3 Å². The number of imide groups is 6. The third-order valence-corrected chi connectivity index (χ3v) is 11.1. The highest BCUT2D eigenvalue weighted by Gasteiger charge is 2.47.